The average molecular weight is 377 g/mol. The van der Waals surface area contributed by atoms with Crippen molar-refractivity contribution in [3.8, 4) is 0 Å². The Morgan fingerprint density at radius 1 is 1.07 bits per heavy atom. The summed E-state index contributed by atoms with van der Waals surface area (Å²) >= 11 is 0. The van der Waals surface area contributed by atoms with Gasteiger partial charge in [-0.15, -0.1) is 0 Å². The number of ether oxygens (including phenoxy) is 1. The van der Waals surface area contributed by atoms with Crippen LogP contribution < -0.4 is 0 Å². The third-order valence-electron chi connectivity index (χ3n) is 6.92. The maximum Gasteiger partial charge on any atom is 0.255 e. The van der Waals surface area contributed by atoms with Crippen molar-refractivity contribution in [3.05, 3.63) is 66.0 Å². The van der Waals surface area contributed by atoms with Gasteiger partial charge >= 0.3 is 0 Å². The molecular formula is C23H27N3O2. The number of hydrogen-bond donors (Lipinski definition) is 0. The molecule has 3 aliphatic rings. The first-order chi connectivity index (χ1) is 13.8. The van der Waals surface area contributed by atoms with Crippen molar-refractivity contribution in [3.63, 3.8) is 0 Å². The number of carbonyl (C=O) groups excluding carboxylic acids is 1. The van der Waals surface area contributed by atoms with Crippen LogP contribution in [0, 0.1) is 11.8 Å². The first kappa shape index (κ1) is 17.8. The Balaban J connectivity index is 1.39. The summed E-state index contributed by atoms with van der Waals surface area (Å²) in [4.78, 5) is 22.3. The number of carbonyl (C=O) groups is 1. The van der Waals surface area contributed by atoms with Gasteiger partial charge in [-0.1, -0.05) is 30.3 Å². The standard InChI is InChI=1S/C23H27N3O2/c27-22(19-7-4-10-24-13-19)26-16-20-15-25(14-18-5-2-1-3-6-18)17-21(20)23(26)8-11-28-12-9-23/h1-7,10,13,20-21H,8-9,11-12,14-17H2. The molecule has 0 aliphatic carbocycles. The first-order valence-corrected chi connectivity index (χ1v) is 10.3. The molecule has 1 amide bonds. The number of fused-ring (bicyclic) bond motifs is 2. The van der Waals surface area contributed by atoms with Crippen molar-refractivity contribution in [2.24, 2.45) is 11.8 Å². The number of hydrogen-bond acceptors (Lipinski definition) is 4. The van der Waals surface area contributed by atoms with E-state index in [9.17, 15) is 4.79 Å². The summed E-state index contributed by atoms with van der Waals surface area (Å²) in [5.74, 6) is 1.21. The maximum atomic E-state index is 13.4. The van der Waals surface area contributed by atoms with Crippen molar-refractivity contribution in [2.75, 3.05) is 32.8 Å². The lowest BCUT2D eigenvalue weighted by molar-refractivity contribution is -0.0224. The highest BCUT2D eigenvalue weighted by atomic mass is 16.5. The van der Waals surface area contributed by atoms with Gasteiger partial charge in [0.15, 0.2) is 0 Å². The summed E-state index contributed by atoms with van der Waals surface area (Å²) in [6, 6.07) is 14.4. The zero-order chi connectivity index (χ0) is 19.0. The number of aromatic nitrogens is 1. The molecule has 5 rings (SSSR count). The molecule has 2 unspecified atom stereocenters. The van der Waals surface area contributed by atoms with E-state index in [1.807, 2.05) is 12.1 Å². The Morgan fingerprint density at radius 3 is 2.64 bits per heavy atom. The van der Waals surface area contributed by atoms with Gasteiger partial charge in [-0.3, -0.25) is 14.7 Å². The molecule has 146 valence electrons. The lowest BCUT2D eigenvalue weighted by Crippen LogP contribution is -2.55. The summed E-state index contributed by atoms with van der Waals surface area (Å²) in [5.41, 5.74) is 2.00. The molecule has 1 spiro atoms. The van der Waals surface area contributed by atoms with Gasteiger partial charge in [-0.05, 0) is 36.5 Å². The molecule has 2 aromatic rings. The van der Waals surface area contributed by atoms with Crippen molar-refractivity contribution < 1.29 is 9.53 Å². The SMILES string of the molecule is O=C(c1cccnc1)N1CC2CN(Cc3ccccc3)CC2C12CCOCC2. The van der Waals surface area contributed by atoms with Crippen molar-refractivity contribution in [1.29, 1.82) is 0 Å². The zero-order valence-electron chi connectivity index (χ0n) is 16.2. The van der Waals surface area contributed by atoms with Crippen molar-refractivity contribution in [2.45, 2.75) is 24.9 Å². The van der Waals surface area contributed by atoms with Crippen LogP contribution in [0.2, 0.25) is 0 Å². The number of benzene rings is 1. The van der Waals surface area contributed by atoms with Crippen LogP contribution in [0.15, 0.2) is 54.9 Å². The minimum atomic E-state index is -0.0682. The van der Waals surface area contributed by atoms with Gasteiger partial charge in [0.1, 0.15) is 0 Å². The van der Waals surface area contributed by atoms with E-state index in [0.717, 1.165) is 52.2 Å². The highest BCUT2D eigenvalue weighted by Gasteiger charge is 2.58. The molecule has 1 aromatic heterocycles. The molecule has 3 saturated heterocycles. The quantitative estimate of drug-likeness (QED) is 0.825. The normalized spacial score (nSPS) is 26.5. The fourth-order valence-electron chi connectivity index (χ4n) is 5.64. The molecule has 5 heteroatoms. The van der Waals surface area contributed by atoms with E-state index in [2.05, 4.69) is 45.1 Å². The minimum Gasteiger partial charge on any atom is -0.381 e. The lowest BCUT2D eigenvalue weighted by atomic mass is 9.76. The van der Waals surface area contributed by atoms with Crippen LogP contribution >= 0.6 is 0 Å². The highest BCUT2D eigenvalue weighted by Crippen LogP contribution is 2.49. The average Bonchev–Trinajstić information content (AvgIpc) is 3.27. The first-order valence-electron chi connectivity index (χ1n) is 10.3. The largest absolute Gasteiger partial charge is 0.381 e. The van der Waals surface area contributed by atoms with E-state index < -0.39 is 0 Å². The Kier molecular flexibility index (Phi) is 4.65. The molecule has 0 radical (unpaired) electrons. The zero-order valence-corrected chi connectivity index (χ0v) is 16.2. The van der Waals surface area contributed by atoms with E-state index in [4.69, 9.17) is 4.74 Å². The van der Waals surface area contributed by atoms with E-state index in [1.54, 1.807) is 12.4 Å². The van der Waals surface area contributed by atoms with Crippen LogP contribution in [-0.2, 0) is 11.3 Å². The van der Waals surface area contributed by atoms with Gasteiger partial charge < -0.3 is 9.64 Å². The molecule has 0 saturated carbocycles. The second-order valence-corrected chi connectivity index (χ2v) is 8.42. The van der Waals surface area contributed by atoms with Gasteiger partial charge in [0, 0.05) is 57.7 Å². The third-order valence-corrected chi connectivity index (χ3v) is 6.92. The molecule has 28 heavy (non-hydrogen) atoms. The molecule has 3 fully saturated rings. The smallest absolute Gasteiger partial charge is 0.255 e. The molecule has 2 atom stereocenters. The van der Waals surface area contributed by atoms with Gasteiger partial charge in [0.05, 0.1) is 11.1 Å². The van der Waals surface area contributed by atoms with Crippen molar-refractivity contribution in [1.82, 2.24) is 14.8 Å². The van der Waals surface area contributed by atoms with Crippen molar-refractivity contribution >= 4 is 5.91 Å². The van der Waals surface area contributed by atoms with Gasteiger partial charge in [-0.2, -0.15) is 0 Å². The Bertz CT molecular complexity index is 820. The second kappa shape index (κ2) is 7.30. The fourth-order valence-corrected chi connectivity index (χ4v) is 5.64. The van der Waals surface area contributed by atoms with Crippen LogP contribution in [-0.4, -0.2) is 59.1 Å². The number of nitrogens with zero attached hydrogens (tertiary/aromatic N) is 3. The number of pyridine rings is 1. The molecule has 0 N–H and O–H groups in total. The molecule has 3 aliphatic heterocycles. The number of likely N-dealkylation sites (tertiary alicyclic amines) is 2. The third kappa shape index (κ3) is 3.03. The molecule has 1 aromatic carbocycles. The topological polar surface area (TPSA) is 45.7 Å². The van der Waals surface area contributed by atoms with E-state index >= 15 is 0 Å². The Hall–Kier alpha value is -2.24. The van der Waals surface area contributed by atoms with Crippen LogP contribution in [0.5, 0.6) is 0 Å². The second-order valence-electron chi connectivity index (χ2n) is 8.42. The molecule has 4 heterocycles. The summed E-state index contributed by atoms with van der Waals surface area (Å²) < 4.78 is 5.70. The summed E-state index contributed by atoms with van der Waals surface area (Å²) in [7, 11) is 0. The number of amides is 1. The van der Waals surface area contributed by atoms with Crippen LogP contribution in [0.1, 0.15) is 28.8 Å². The van der Waals surface area contributed by atoms with Crippen LogP contribution in [0.25, 0.3) is 0 Å². The monoisotopic (exact) mass is 377 g/mol. The Labute approximate surface area is 166 Å². The summed E-state index contributed by atoms with van der Waals surface area (Å²) in [6.45, 7) is 5.48. The Morgan fingerprint density at radius 2 is 1.89 bits per heavy atom. The van der Waals surface area contributed by atoms with E-state index in [-0.39, 0.29) is 11.4 Å². The van der Waals surface area contributed by atoms with Gasteiger partial charge in [0.25, 0.3) is 5.91 Å². The lowest BCUT2D eigenvalue weighted by Gasteiger charge is -2.45. The van der Waals surface area contributed by atoms with Gasteiger partial charge in [-0.25, -0.2) is 0 Å². The minimum absolute atomic E-state index is 0.0682. The molecular weight excluding hydrogens is 350 g/mol. The van der Waals surface area contributed by atoms with Crippen LogP contribution in [0.4, 0.5) is 0 Å². The summed E-state index contributed by atoms with van der Waals surface area (Å²) in [5, 5.41) is 0. The van der Waals surface area contributed by atoms with E-state index in [1.165, 1.54) is 5.56 Å². The highest BCUT2D eigenvalue weighted by molar-refractivity contribution is 5.94. The van der Waals surface area contributed by atoms with E-state index in [0.29, 0.717) is 17.4 Å². The predicted octanol–water partition coefficient (Wildman–Crippen LogP) is 2.83. The van der Waals surface area contributed by atoms with Crippen LogP contribution in [0.3, 0.4) is 0 Å². The molecule has 5 nitrogen and oxygen atoms in total. The fraction of sp³-hybridized carbons (Fsp3) is 0.478. The summed E-state index contributed by atoms with van der Waals surface area (Å²) in [6.07, 6.45) is 5.31. The predicted molar refractivity (Wildman–Crippen MR) is 107 cm³/mol. The maximum absolute atomic E-state index is 13.4. The molecule has 0 bridgehead atoms. The van der Waals surface area contributed by atoms with Gasteiger partial charge in [0.2, 0.25) is 0 Å². The number of rotatable bonds is 3.